The lowest BCUT2D eigenvalue weighted by Crippen LogP contribution is -2.05. The van der Waals surface area contributed by atoms with Crippen LogP contribution in [0.25, 0.3) is 0 Å². The molecule has 0 saturated carbocycles. The normalized spacial score (nSPS) is 10.2. The largest absolute Gasteiger partial charge is 0.370 e. The van der Waals surface area contributed by atoms with E-state index >= 15 is 0 Å². The van der Waals surface area contributed by atoms with Crippen molar-refractivity contribution in [1.82, 2.24) is 4.98 Å². The standard InChI is InChI=1S/C12H14N2S/c1-10-4-6-13-12(9-10)14-7-5-11-3-2-8-15-11/h2-4,6,8-9H,5,7H2,1H3,(H,13,14). The molecule has 2 aromatic rings. The van der Waals surface area contributed by atoms with Crippen molar-refractivity contribution in [3.05, 3.63) is 46.3 Å². The molecule has 0 unspecified atom stereocenters. The van der Waals surface area contributed by atoms with Gasteiger partial charge in [0, 0.05) is 17.6 Å². The highest BCUT2D eigenvalue weighted by Gasteiger charge is 1.95. The van der Waals surface area contributed by atoms with Gasteiger partial charge in [-0.25, -0.2) is 4.98 Å². The minimum absolute atomic E-state index is 0.941. The first-order chi connectivity index (χ1) is 7.34. The smallest absolute Gasteiger partial charge is 0.126 e. The van der Waals surface area contributed by atoms with Crippen LogP contribution < -0.4 is 5.32 Å². The first-order valence-electron chi connectivity index (χ1n) is 5.03. The number of aromatic nitrogens is 1. The number of aryl methyl sites for hydroxylation is 1. The van der Waals surface area contributed by atoms with Crippen LogP contribution in [0.5, 0.6) is 0 Å². The molecule has 0 aliphatic carbocycles. The molecule has 3 heteroatoms. The maximum Gasteiger partial charge on any atom is 0.126 e. The molecule has 2 heterocycles. The van der Waals surface area contributed by atoms with Crippen molar-refractivity contribution in [1.29, 1.82) is 0 Å². The van der Waals surface area contributed by atoms with Crippen LogP contribution in [-0.4, -0.2) is 11.5 Å². The maximum absolute atomic E-state index is 4.25. The number of anilines is 1. The summed E-state index contributed by atoms with van der Waals surface area (Å²) in [5, 5.41) is 5.43. The van der Waals surface area contributed by atoms with E-state index in [0.717, 1.165) is 18.8 Å². The number of rotatable bonds is 4. The molecule has 0 radical (unpaired) electrons. The van der Waals surface area contributed by atoms with Crippen molar-refractivity contribution >= 4 is 17.2 Å². The molecular weight excluding hydrogens is 204 g/mol. The van der Waals surface area contributed by atoms with E-state index in [0.29, 0.717) is 0 Å². The van der Waals surface area contributed by atoms with Crippen molar-refractivity contribution < 1.29 is 0 Å². The van der Waals surface area contributed by atoms with Crippen LogP contribution in [0, 0.1) is 6.92 Å². The minimum Gasteiger partial charge on any atom is -0.370 e. The molecule has 0 amide bonds. The van der Waals surface area contributed by atoms with Gasteiger partial charge in [-0.2, -0.15) is 0 Å². The first kappa shape index (κ1) is 10.2. The predicted octanol–water partition coefficient (Wildman–Crippen LogP) is 3.11. The molecule has 0 aliphatic heterocycles. The zero-order chi connectivity index (χ0) is 10.5. The molecule has 2 rings (SSSR count). The summed E-state index contributed by atoms with van der Waals surface area (Å²) in [6.45, 7) is 3.02. The number of nitrogens with zero attached hydrogens (tertiary/aromatic N) is 1. The lowest BCUT2D eigenvalue weighted by molar-refractivity contribution is 1.03. The fourth-order valence-electron chi connectivity index (χ4n) is 1.40. The number of nitrogens with one attached hydrogen (secondary N) is 1. The lowest BCUT2D eigenvalue weighted by Gasteiger charge is -2.04. The van der Waals surface area contributed by atoms with E-state index in [1.807, 2.05) is 12.3 Å². The molecule has 0 aromatic carbocycles. The summed E-state index contributed by atoms with van der Waals surface area (Å²) in [5.41, 5.74) is 1.24. The molecule has 78 valence electrons. The SMILES string of the molecule is Cc1ccnc(NCCc2cccs2)c1. The average molecular weight is 218 g/mol. The average Bonchev–Trinajstić information content (AvgIpc) is 2.71. The molecular formula is C12H14N2S. The molecule has 0 fully saturated rings. The van der Waals surface area contributed by atoms with Crippen LogP contribution in [0.1, 0.15) is 10.4 Å². The zero-order valence-electron chi connectivity index (χ0n) is 8.73. The molecule has 0 bridgehead atoms. The van der Waals surface area contributed by atoms with Gasteiger partial charge in [-0.15, -0.1) is 11.3 Å². The van der Waals surface area contributed by atoms with E-state index < -0.39 is 0 Å². The van der Waals surface area contributed by atoms with Crippen LogP contribution in [0.4, 0.5) is 5.82 Å². The number of hydrogen-bond acceptors (Lipinski definition) is 3. The van der Waals surface area contributed by atoms with Crippen molar-refractivity contribution in [2.75, 3.05) is 11.9 Å². The Kier molecular flexibility index (Phi) is 3.35. The van der Waals surface area contributed by atoms with Crippen LogP contribution in [0.2, 0.25) is 0 Å². The lowest BCUT2D eigenvalue weighted by atomic mass is 10.3. The van der Waals surface area contributed by atoms with Crippen LogP contribution in [-0.2, 0) is 6.42 Å². The van der Waals surface area contributed by atoms with E-state index in [1.165, 1.54) is 10.4 Å². The highest BCUT2D eigenvalue weighted by atomic mass is 32.1. The molecule has 1 N–H and O–H groups in total. The highest BCUT2D eigenvalue weighted by Crippen LogP contribution is 2.10. The van der Waals surface area contributed by atoms with Gasteiger partial charge in [-0.3, -0.25) is 0 Å². The third kappa shape index (κ3) is 3.06. The van der Waals surface area contributed by atoms with Crippen LogP contribution in [0.3, 0.4) is 0 Å². The second kappa shape index (κ2) is 4.94. The predicted molar refractivity (Wildman–Crippen MR) is 65.5 cm³/mol. The second-order valence-corrected chi connectivity index (χ2v) is 4.51. The summed E-state index contributed by atoms with van der Waals surface area (Å²) in [5.74, 6) is 0.964. The van der Waals surface area contributed by atoms with Gasteiger partial charge in [0.25, 0.3) is 0 Å². The van der Waals surface area contributed by atoms with E-state index in [4.69, 9.17) is 0 Å². The van der Waals surface area contributed by atoms with Gasteiger partial charge in [-0.05, 0) is 42.5 Å². The Balaban J connectivity index is 1.83. The van der Waals surface area contributed by atoms with Crippen molar-refractivity contribution in [2.24, 2.45) is 0 Å². The van der Waals surface area contributed by atoms with Gasteiger partial charge in [-0.1, -0.05) is 6.07 Å². The van der Waals surface area contributed by atoms with Gasteiger partial charge in [0.05, 0.1) is 0 Å². The summed E-state index contributed by atoms with van der Waals surface area (Å²) in [6.07, 6.45) is 2.90. The van der Waals surface area contributed by atoms with Gasteiger partial charge >= 0.3 is 0 Å². The molecule has 15 heavy (non-hydrogen) atoms. The van der Waals surface area contributed by atoms with Gasteiger partial charge in [0.2, 0.25) is 0 Å². The summed E-state index contributed by atoms with van der Waals surface area (Å²) in [6, 6.07) is 8.32. The van der Waals surface area contributed by atoms with Crippen molar-refractivity contribution in [2.45, 2.75) is 13.3 Å². The summed E-state index contributed by atoms with van der Waals surface area (Å²) in [7, 11) is 0. The molecule has 0 spiro atoms. The van der Waals surface area contributed by atoms with Crippen LogP contribution in [0.15, 0.2) is 35.8 Å². The summed E-state index contributed by atoms with van der Waals surface area (Å²) >= 11 is 1.80. The third-order valence-corrected chi connectivity index (χ3v) is 3.11. The zero-order valence-corrected chi connectivity index (χ0v) is 9.55. The summed E-state index contributed by atoms with van der Waals surface area (Å²) < 4.78 is 0. The van der Waals surface area contributed by atoms with Crippen LogP contribution >= 0.6 is 11.3 Å². The number of pyridine rings is 1. The minimum atomic E-state index is 0.941. The summed E-state index contributed by atoms with van der Waals surface area (Å²) in [4.78, 5) is 5.66. The third-order valence-electron chi connectivity index (χ3n) is 2.17. The monoisotopic (exact) mass is 218 g/mol. The van der Waals surface area contributed by atoms with E-state index in [2.05, 4.69) is 40.8 Å². The van der Waals surface area contributed by atoms with E-state index in [1.54, 1.807) is 11.3 Å². The quantitative estimate of drug-likeness (QED) is 0.853. The van der Waals surface area contributed by atoms with Gasteiger partial charge < -0.3 is 5.32 Å². The molecule has 0 saturated heterocycles. The topological polar surface area (TPSA) is 24.9 Å². The Morgan fingerprint density at radius 2 is 2.33 bits per heavy atom. The Hall–Kier alpha value is -1.35. The Bertz CT molecular complexity index is 409. The fourth-order valence-corrected chi connectivity index (χ4v) is 2.11. The molecule has 2 aromatic heterocycles. The fraction of sp³-hybridized carbons (Fsp3) is 0.250. The van der Waals surface area contributed by atoms with Gasteiger partial charge in [0.1, 0.15) is 5.82 Å². The van der Waals surface area contributed by atoms with Gasteiger partial charge in [0.15, 0.2) is 0 Å². The Morgan fingerprint density at radius 3 is 3.07 bits per heavy atom. The van der Waals surface area contributed by atoms with E-state index in [9.17, 15) is 0 Å². The molecule has 0 aliphatic rings. The Morgan fingerprint density at radius 1 is 1.40 bits per heavy atom. The Labute approximate surface area is 94.0 Å². The highest BCUT2D eigenvalue weighted by molar-refractivity contribution is 7.09. The van der Waals surface area contributed by atoms with E-state index in [-0.39, 0.29) is 0 Å². The molecule has 2 nitrogen and oxygen atoms in total. The number of thiophene rings is 1. The van der Waals surface area contributed by atoms with Crippen molar-refractivity contribution in [3.8, 4) is 0 Å². The maximum atomic E-state index is 4.25. The number of hydrogen-bond donors (Lipinski definition) is 1. The second-order valence-electron chi connectivity index (χ2n) is 3.47. The molecule has 0 atom stereocenters. The van der Waals surface area contributed by atoms with Crippen molar-refractivity contribution in [3.63, 3.8) is 0 Å². The first-order valence-corrected chi connectivity index (χ1v) is 5.91.